The minimum absolute atomic E-state index is 0.0292. The number of hydrogen-bond acceptors (Lipinski definition) is 1. The molecule has 0 radical (unpaired) electrons. The maximum atomic E-state index is 12.3. The van der Waals surface area contributed by atoms with Gasteiger partial charge in [-0.15, -0.1) is 0 Å². The van der Waals surface area contributed by atoms with E-state index in [2.05, 4.69) is 33.4 Å². The van der Waals surface area contributed by atoms with Crippen LogP contribution in [0.15, 0.2) is 59.1 Å². The van der Waals surface area contributed by atoms with Gasteiger partial charge in [-0.1, -0.05) is 52.3 Å². The van der Waals surface area contributed by atoms with Gasteiger partial charge in [0.15, 0.2) is 6.04 Å². The van der Waals surface area contributed by atoms with E-state index in [1.54, 1.807) is 0 Å². The summed E-state index contributed by atoms with van der Waals surface area (Å²) in [5.74, 6) is 0.0292. The molecule has 2 N–H and O–H groups in total. The van der Waals surface area contributed by atoms with Crippen LogP contribution in [0.2, 0.25) is 0 Å². The topological polar surface area (TPSA) is 33.5 Å². The zero-order valence-corrected chi connectivity index (χ0v) is 13.9. The van der Waals surface area contributed by atoms with Crippen molar-refractivity contribution in [1.29, 1.82) is 0 Å². The van der Waals surface area contributed by atoms with Crippen molar-refractivity contribution in [3.63, 3.8) is 0 Å². The van der Waals surface area contributed by atoms with E-state index in [1.807, 2.05) is 56.4 Å². The molecule has 21 heavy (non-hydrogen) atoms. The van der Waals surface area contributed by atoms with Crippen LogP contribution in [0.1, 0.15) is 12.5 Å². The van der Waals surface area contributed by atoms with Crippen LogP contribution in [-0.4, -0.2) is 19.0 Å². The van der Waals surface area contributed by atoms with Crippen molar-refractivity contribution in [2.45, 2.75) is 19.5 Å². The number of carbonyl (C=O) groups excluding carboxylic acids is 1. The third-order valence-electron chi connectivity index (χ3n) is 3.55. The second-order valence-corrected chi connectivity index (χ2v) is 6.15. The van der Waals surface area contributed by atoms with Crippen LogP contribution in [-0.2, 0) is 11.3 Å². The quantitative estimate of drug-likeness (QED) is 0.855. The molecular formula is C17H20BrN2O+. The zero-order valence-electron chi connectivity index (χ0n) is 12.3. The number of quaternary nitrogens is 1. The first-order chi connectivity index (χ1) is 10.1. The molecule has 0 bridgehead atoms. The number of benzene rings is 2. The van der Waals surface area contributed by atoms with Gasteiger partial charge in [0.2, 0.25) is 0 Å². The third kappa shape index (κ3) is 4.69. The molecule has 0 aliphatic heterocycles. The Bertz CT molecular complexity index is 601. The Kier molecular flexibility index (Phi) is 5.53. The molecule has 0 fully saturated rings. The highest BCUT2D eigenvalue weighted by Gasteiger charge is 2.21. The summed E-state index contributed by atoms with van der Waals surface area (Å²) < 4.78 is 0.956. The van der Waals surface area contributed by atoms with E-state index >= 15 is 0 Å². The lowest BCUT2D eigenvalue weighted by molar-refractivity contribution is -0.907. The molecule has 2 aromatic carbocycles. The fraction of sp³-hybridized carbons (Fsp3) is 0.235. The molecule has 0 spiro atoms. The molecule has 1 unspecified atom stereocenters. The van der Waals surface area contributed by atoms with Gasteiger partial charge in [0.25, 0.3) is 5.91 Å². The molecule has 2 aromatic rings. The third-order valence-corrected chi connectivity index (χ3v) is 4.04. The zero-order chi connectivity index (χ0) is 15.2. The standard InChI is InChI=1S/C17H19BrN2O/c1-13(20(2)12-14-7-4-3-5-8-14)17(21)19-16-10-6-9-15(18)11-16/h3-11,13H,12H2,1-2H3,(H,19,21)/p+1/t13-/m1/s1. The van der Waals surface area contributed by atoms with Crippen LogP contribution in [0.3, 0.4) is 0 Å². The van der Waals surface area contributed by atoms with E-state index in [0.29, 0.717) is 0 Å². The fourth-order valence-corrected chi connectivity index (χ4v) is 2.51. The Labute approximate surface area is 134 Å². The van der Waals surface area contributed by atoms with Gasteiger partial charge in [0, 0.05) is 15.7 Å². The highest BCUT2D eigenvalue weighted by molar-refractivity contribution is 9.10. The van der Waals surface area contributed by atoms with Crippen LogP contribution in [0.25, 0.3) is 0 Å². The van der Waals surface area contributed by atoms with Gasteiger partial charge in [-0.25, -0.2) is 0 Å². The SMILES string of the molecule is C[C@H](C(=O)Nc1cccc(Br)c1)[NH+](C)Cc1ccccc1. The van der Waals surface area contributed by atoms with Gasteiger partial charge in [0.1, 0.15) is 6.54 Å². The molecule has 0 aromatic heterocycles. The monoisotopic (exact) mass is 347 g/mol. The average Bonchev–Trinajstić information content (AvgIpc) is 2.47. The summed E-state index contributed by atoms with van der Waals surface area (Å²) in [6, 6.07) is 17.7. The van der Waals surface area contributed by atoms with Crippen molar-refractivity contribution in [3.05, 3.63) is 64.6 Å². The molecule has 2 rings (SSSR count). The van der Waals surface area contributed by atoms with Gasteiger partial charge in [-0.2, -0.15) is 0 Å². The molecule has 1 amide bonds. The average molecular weight is 348 g/mol. The largest absolute Gasteiger partial charge is 0.324 e. The van der Waals surface area contributed by atoms with E-state index in [9.17, 15) is 4.79 Å². The van der Waals surface area contributed by atoms with Crippen molar-refractivity contribution < 1.29 is 9.69 Å². The van der Waals surface area contributed by atoms with Crippen LogP contribution >= 0.6 is 15.9 Å². The predicted molar refractivity (Wildman–Crippen MR) is 89.3 cm³/mol. The van der Waals surface area contributed by atoms with Crippen LogP contribution in [0.5, 0.6) is 0 Å². The predicted octanol–water partition coefficient (Wildman–Crippen LogP) is 2.49. The molecule has 4 heteroatoms. The first-order valence-corrected chi connectivity index (χ1v) is 7.78. The second kappa shape index (κ2) is 7.38. The van der Waals surface area contributed by atoms with E-state index < -0.39 is 0 Å². The Hall–Kier alpha value is -1.65. The highest BCUT2D eigenvalue weighted by Crippen LogP contribution is 2.15. The summed E-state index contributed by atoms with van der Waals surface area (Å²) in [6.07, 6.45) is 0. The van der Waals surface area contributed by atoms with Gasteiger partial charge < -0.3 is 10.2 Å². The number of likely N-dealkylation sites (N-methyl/N-ethyl adjacent to an activating group) is 1. The molecule has 3 nitrogen and oxygen atoms in total. The molecule has 110 valence electrons. The summed E-state index contributed by atoms with van der Waals surface area (Å²) in [4.78, 5) is 13.5. The number of halogens is 1. The number of carbonyl (C=O) groups is 1. The van der Waals surface area contributed by atoms with E-state index in [0.717, 1.165) is 21.6 Å². The van der Waals surface area contributed by atoms with Gasteiger partial charge in [0.05, 0.1) is 7.05 Å². The molecule has 0 heterocycles. The summed E-state index contributed by atoms with van der Waals surface area (Å²) >= 11 is 3.41. The van der Waals surface area contributed by atoms with E-state index in [-0.39, 0.29) is 11.9 Å². The normalized spacial score (nSPS) is 13.5. The smallest absolute Gasteiger partial charge is 0.282 e. The lowest BCUT2D eigenvalue weighted by atomic mass is 10.2. The maximum absolute atomic E-state index is 12.3. The Morgan fingerprint density at radius 2 is 1.90 bits per heavy atom. The number of amides is 1. The first kappa shape index (κ1) is 15.7. The van der Waals surface area contributed by atoms with Crippen LogP contribution in [0, 0.1) is 0 Å². The maximum Gasteiger partial charge on any atom is 0.282 e. The molecule has 0 aliphatic rings. The molecule has 0 saturated carbocycles. The summed E-state index contributed by atoms with van der Waals surface area (Å²) in [5, 5.41) is 2.96. The van der Waals surface area contributed by atoms with Crippen molar-refractivity contribution in [1.82, 2.24) is 0 Å². The number of hydrogen-bond donors (Lipinski definition) is 2. The van der Waals surface area contributed by atoms with Gasteiger partial charge >= 0.3 is 0 Å². The Morgan fingerprint density at radius 1 is 1.19 bits per heavy atom. The minimum atomic E-state index is -0.121. The fourth-order valence-electron chi connectivity index (χ4n) is 2.11. The van der Waals surface area contributed by atoms with Crippen LogP contribution in [0.4, 0.5) is 5.69 Å². The molecule has 2 atom stereocenters. The molecular weight excluding hydrogens is 328 g/mol. The van der Waals surface area contributed by atoms with E-state index in [4.69, 9.17) is 0 Å². The van der Waals surface area contributed by atoms with Crippen molar-refractivity contribution in [2.24, 2.45) is 0 Å². The first-order valence-electron chi connectivity index (χ1n) is 6.99. The van der Waals surface area contributed by atoms with E-state index in [1.165, 1.54) is 5.56 Å². The van der Waals surface area contributed by atoms with Crippen LogP contribution < -0.4 is 10.2 Å². The Morgan fingerprint density at radius 3 is 2.57 bits per heavy atom. The lowest BCUT2D eigenvalue weighted by Crippen LogP contribution is -3.12. The second-order valence-electron chi connectivity index (χ2n) is 5.23. The number of nitrogens with one attached hydrogen (secondary N) is 2. The summed E-state index contributed by atoms with van der Waals surface area (Å²) in [5.41, 5.74) is 2.05. The highest BCUT2D eigenvalue weighted by atomic mass is 79.9. The van der Waals surface area contributed by atoms with Gasteiger partial charge in [-0.05, 0) is 25.1 Å². The number of anilines is 1. The molecule has 0 saturated heterocycles. The van der Waals surface area contributed by atoms with Crippen molar-refractivity contribution in [3.8, 4) is 0 Å². The molecule has 0 aliphatic carbocycles. The lowest BCUT2D eigenvalue weighted by Gasteiger charge is -2.21. The van der Waals surface area contributed by atoms with Gasteiger partial charge in [-0.3, -0.25) is 4.79 Å². The summed E-state index contributed by atoms with van der Waals surface area (Å²) in [6.45, 7) is 2.78. The summed E-state index contributed by atoms with van der Waals surface area (Å²) in [7, 11) is 2.04. The Balaban J connectivity index is 1.95. The van der Waals surface area contributed by atoms with Crippen molar-refractivity contribution >= 4 is 27.5 Å². The van der Waals surface area contributed by atoms with Crippen molar-refractivity contribution in [2.75, 3.05) is 12.4 Å². The minimum Gasteiger partial charge on any atom is -0.324 e. The number of rotatable bonds is 5.